The highest BCUT2D eigenvalue weighted by molar-refractivity contribution is 5.82. The van der Waals surface area contributed by atoms with Crippen LogP contribution in [0.1, 0.15) is 11.1 Å². The van der Waals surface area contributed by atoms with Crippen molar-refractivity contribution in [1.29, 1.82) is 0 Å². The zero-order valence-corrected chi connectivity index (χ0v) is 12.3. The maximum Gasteiger partial charge on any atom is 0.339 e. The Morgan fingerprint density at radius 3 is 2.95 bits per heavy atom. The van der Waals surface area contributed by atoms with Gasteiger partial charge in [0.25, 0.3) is 0 Å². The van der Waals surface area contributed by atoms with Crippen LogP contribution < -0.4 is 15.7 Å². The zero-order chi connectivity index (χ0) is 14.8. The van der Waals surface area contributed by atoms with Gasteiger partial charge in [-0.15, -0.1) is 0 Å². The van der Waals surface area contributed by atoms with Gasteiger partial charge in [-0.05, 0) is 31.5 Å². The third-order valence-corrected chi connectivity index (χ3v) is 3.87. The normalized spacial score (nSPS) is 18.9. The molecule has 0 amide bonds. The topological polar surface area (TPSA) is 60.7 Å². The lowest BCUT2D eigenvalue weighted by Gasteiger charge is -2.23. The van der Waals surface area contributed by atoms with Crippen LogP contribution in [0.5, 0.6) is 5.75 Å². The second kappa shape index (κ2) is 5.87. The van der Waals surface area contributed by atoms with Crippen LogP contribution in [0.2, 0.25) is 0 Å². The van der Waals surface area contributed by atoms with Crippen molar-refractivity contribution in [3.8, 4) is 5.75 Å². The number of hydrogen-bond acceptors (Lipinski definition) is 5. The number of morpholine rings is 1. The number of benzene rings is 1. The summed E-state index contributed by atoms with van der Waals surface area (Å²) in [6.45, 7) is 6.57. The fraction of sp³-hybridized carbons (Fsp3) is 0.438. The van der Waals surface area contributed by atoms with E-state index in [9.17, 15) is 4.79 Å². The van der Waals surface area contributed by atoms with Crippen LogP contribution in [0.3, 0.4) is 0 Å². The fourth-order valence-electron chi connectivity index (χ4n) is 2.43. The molecule has 1 atom stereocenters. The Morgan fingerprint density at radius 1 is 1.33 bits per heavy atom. The lowest BCUT2D eigenvalue weighted by atomic mass is 10.1. The van der Waals surface area contributed by atoms with Gasteiger partial charge < -0.3 is 19.2 Å². The molecule has 1 aromatic carbocycles. The number of aryl methyl sites for hydroxylation is 1. The molecule has 1 N–H and O–H groups in total. The minimum atomic E-state index is -0.294. The molecule has 112 valence electrons. The Balaban J connectivity index is 1.80. The van der Waals surface area contributed by atoms with Crippen LogP contribution in [0.15, 0.2) is 27.4 Å². The van der Waals surface area contributed by atoms with E-state index >= 15 is 0 Å². The molecule has 1 aliphatic heterocycles. The van der Waals surface area contributed by atoms with Gasteiger partial charge in [0.15, 0.2) is 0 Å². The van der Waals surface area contributed by atoms with Gasteiger partial charge in [0.1, 0.15) is 24.0 Å². The summed E-state index contributed by atoms with van der Waals surface area (Å²) >= 11 is 0. The molecule has 1 saturated heterocycles. The first-order valence-electron chi connectivity index (χ1n) is 7.14. The van der Waals surface area contributed by atoms with E-state index < -0.39 is 0 Å². The second-order valence-corrected chi connectivity index (χ2v) is 5.31. The molecule has 21 heavy (non-hydrogen) atoms. The van der Waals surface area contributed by atoms with E-state index in [1.165, 1.54) is 0 Å². The molecule has 3 rings (SSSR count). The van der Waals surface area contributed by atoms with Crippen molar-refractivity contribution >= 4 is 11.0 Å². The van der Waals surface area contributed by atoms with Gasteiger partial charge in [0.2, 0.25) is 0 Å². The van der Waals surface area contributed by atoms with Crippen molar-refractivity contribution in [3.63, 3.8) is 0 Å². The largest absolute Gasteiger partial charge is 0.491 e. The van der Waals surface area contributed by atoms with Gasteiger partial charge in [-0.1, -0.05) is 0 Å². The van der Waals surface area contributed by atoms with Crippen molar-refractivity contribution in [3.05, 3.63) is 39.7 Å². The minimum absolute atomic E-state index is 0.0567. The highest BCUT2D eigenvalue weighted by atomic mass is 16.5. The summed E-state index contributed by atoms with van der Waals surface area (Å²) in [4.78, 5) is 11.7. The third kappa shape index (κ3) is 2.94. The molecule has 5 nitrogen and oxygen atoms in total. The van der Waals surface area contributed by atoms with Crippen LogP contribution in [0.25, 0.3) is 11.0 Å². The first kappa shape index (κ1) is 14.1. The fourth-order valence-corrected chi connectivity index (χ4v) is 2.43. The molecule has 0 saturated carbocycles. The van der Waals surface area contributed by atoms with Crippen molar-refractivity contribution in [2.45, 2.75) is 20.0 Å². The monoisotopic (exact) mass is 289 g/mol. The Kier molecular flexibility index (Phi) is 3.94. The molecular formula is C16H19NO4. The van der Waals surface area contributed by atoms with Gasteiger partial charge in [-0.3, -0.25) is 0 Å². The van der Waals surface area contributed by atoms with Gasteiger partial charge in [0, 0.05) is 30.1 Å². The van der Waals surface area contributed by atoms with E-state index in [1.807, 2.05) is 19.1 Å². The Hall–Kier alpha value is -1.85. The highest BCUT2D eigenvalue weighted by Crippen LogP contribution is 2.24. The van der Waals surface area contributed by atoms with Crippen LogP contribution in [-0.2, 0) is 4.74 Å². The van der Waals surface area contributed by atoms with Crippen LogP contribution in [0.4, 0.5) is 0 Å². The molecule has 1 aromatic heterocycles. The second-order valence-electron chi connectivity index (χ2n) is 5.31. The van der Waals surface area contributed by atoms with E-state index in [1.54, 1.807) is 13.0 Å². The summed E-state index contributed by atoms with van der Waals surface area (Å²) < 4.78 is 16.6. The van der Waals surface area contributed by atoms with E-state index in [0.717, 1.165) is 24.0 Å². The van der Waals surface area contributed by atoms with Gasteiger partial charge >= 0.3 is 5.63 Å². The smallest absolute Gasteiger partial charge is 0.339 e. The number of nitrogens with one attached hydrogen (secondary N) is 1. The van der Waals surface area contributed by atoms with Crippen LogP contribution in [0, 0.1) is 13.8 Å². The Labute approximate surface area is 122 Å². The van der Waals surface area contributed by atoms with Crippen molar-refractivity contribution in [2.24, 2.45) is 0 Å². The molecule has 1 fully saturated rings. The number of hydrogen-bond donors (Lipinski definition) is 1. The number of fused-ring (bicyclic) bond motifs is 1. The number of rotatable bonds is 3. The molecule has 0 spiro atoms. The molecule has 0 radical (unpaired) electrons. The molecule has 2 aromatic rings. The van der Waals surface area contributed by atoms with Crippen LogP contribution >= 0.6 is 0 Å². The quantitative estimate of drug-likeness (QED) is 0.873. The summed E-state index contributed by atoms with van der Waals surface area (Å²) in [5.74, 6) is 0.683. The highest BCUT2D eigenvalue weighted by Gasteiger charge is 2.14. The van der Waals surface area contributed by atoms with Crippen molar-refractivity contribution < 1.29 is 13.9 Å². The summed E-state index contributed by atoms with van der Waals surface area (Å²) in [5.41, 5.74) is 1.87. The summed E-state index contributed by atoms with van der Waals surface area (Å²) in [6, 6.07) is 5.58. The average Bonchev–Trinajstić information content (AvgIpc) is 2.51. The maximum absolute atomic E-state index is 11.7. The maximum atomic E-state index is 11.7. The number of ether oxygens (including phenoxy) is 2. The summed E-state index contributed by atoms with van der Waals surface area (Å²) in [5, 5.41) is 4.20. The molecule has 0 unspecified atom stereocenters. The minimum Gasteiger partial charge on any atom is -0.491 e. The average molecular weight is 289 g/mol. The lowest BCUT2D eigenvalue weighted by Crippen LogP contribution is -2.41. The molecular weight excluding hydrogens is 270 g/mol. The van der Waals surface area contributed by atoms with Crippen molar-refractivity contribution in [2.75, 3.05) is 26.3 Å². The SMILES string of the molecule is Cc1c(C)c2ccc(OC[C@H]3CNCCO3)cc2oc1=O. The van der Waals surface area contributed by atoms with E-state index in [4.69, 9.17) is 13.9 Å². The Bertz CT molecular complexity index is 701. The predicted molar refractivity (Wildman–Crippen MR) is 80.1 cm³/mol. The summed E-state index contributed by atoms with van der Waals surface area (Å²) in [7, 11) is 0. The van der Waals surface area contributed by atoms with Gasteiger partial charge in [0.05, 0.1) is 6.61 Å². The first-order valence-corrected chi connectivity index (χ1v) is 7.14. The van der Waals surface area contributed by atoms with Gasteiger partial charge in [-0.2, -0.15) is 0 Å². The lowest BCUT2D eigenvalue weighted by molar-refractivity contribution is 0.000206. The molecule has 2 heterocycles. The zero-order valence-electron chi connectivity index (χ0n) is 12.3. The molecule has 1 aliphatic rings. The first-order chi connectivity index (χ1) is 10.1. The Morgan fingerprint density at radius 2 is 2.19 bits per heavy atom. The molecule has 5 heteroatoms. The molecule has 0 aliphatic carbocycles. The predicted octanol–water partition coefficient (Wildman–Crippen LogP) is 1.78. The third-order valence-electron chi connectivity index (χ3n) is 3.87. The molecule has 0 bridgehead atoms. The van der Waals surface area contributed by atoms with E-state index in [2.05, 4.69) is 5.32 Å². The van der Waals surface area contributed by atoms with Crippen LogP contribution in [-0.4, -0.2) is 32.4 Å². The van der Waals surface area contributed by atoms with Crippen molar-refractivity contribution in [1.82, 2.24) is 5.32 Å². The van der Waals surface area contributed by atoms with Gasteiger partial charge in [-0.25, -0.2) is 4.79 Å². The standard InChI is InChI=1S/C16H19NO4/c1-10-11(2)16(18)21-15-7-12(3-4-14(10)15)20-9-13-8-17-5-6-19-13/h3-4,7,13,17H,5-6,8-9H2,1-2H3/t13-/m1/s1. The summed E-state index contributed by atoms with van der Waals surface area (Å²) in [6.07, 6.45) is 0.0567. The van der Waals surface area contributed by atoms with E-state index in [0.29, 0.717) is 30.1 Å². The van der Waals surface area contributed by atoms with E-state index in [-0.39, 0.29) is 11.7 Å².